The Kier molecular flexibility index (Phi) is 6.93. The molecule has 1 saturated heterocycles. The number of urea groups is 1. The maximum absolute atomic E-state index is 12.1. The second-order valence-corrected chi connectivity index (χ2v) is 6.38. The molecule has 1 fully saturated rings. The summed E-state index contributed by atoms with van der Waals surface area (Å²) >= 11 is 0. The van der Waals surface area contributed by atoms with Gasteiger partial charge in [-0.15, -0.1) is 0 Å². The first kappa shape index (κ1) is 20.4. The van der Waals surface area contributed by atoms with Crippen LogP contribution in [0.1, 0.15) is 44.5 Å². The number of hydrogen-bond acceptors (Lipinski definition) is 8. The summed E-state index contributed by atoms with van der Waals surface area (Å²) < 4.78 is 5.16. The number of hydrogen-bond donors (Lipinski definition) is 5. The number of carbonyl (C=O) groups is 3. The Bertz CT molecular complexity index is 672. The molecule has 2 heterocycles. The lowest BCUT2D eigenvalue weighted by Crippen LogP contribution is -2.52. The zero-order chi connectivity index (χ0) is 20.0. The van der Waals surface area contributed by atoms with Gasteiger partial charge >= 0.3 is 12.0 Å². The highest BCUT2D eigenvalue weighted by molar-refractivity contribution is 5.83. The minimum Gasteiger partial charge on any atom is -0.480 e. The highest BCUT2D eigenvalue weighted by Crippen LogP contribution is 2.21. The molecule has 1 aliphatic heterocycles. The van der Waals surface area contributed by atoms with Crippen LogP contribution >= 0.6 is 0 Å². The van der Waals surface area contributed by atoms with Crippen molar-refractivity contribution in [3.05, 3.63) is 5.89 Å². The van der Waals surface area contributed by atoms with Crippen LogP contribution in [-0.4, -0.2) is 63.5 Å². The molecule has 0 aromatic carbocycles. The Morgan fingerprint density at radius 2 is 1.93 bits per heavy atom. The molecule has 3 amide bonds. The Hall–Kier alpha value is -2.89. The molecule has 3 atom stereocenters. The Morgan fingerprint density at radius 3 is 2.48 bits per heavy atom. The van der Waals surface area contributed by atoms with Crippen LogP contribution in [0.2, 0.25) is 0 Å². The van der Waals surface area contributed by atoms with Crippen LogP contribution in [0.3, 0.4) is 0 Å². The normalized spacial score (nSPS) is 17.6. The van der Waals surface area contributed by atoms with Gasteiger partial charge in [-0.25, -0.2) is 9.59 Å². The average molecular weight is 384 g/mol. The monoisotopic (exact) mass is 384 g/mol. The predicted octanol–water partition coefficient (Wildman–Crippen LogP) is -0.890. The first-order valence-electron chi connectivity index (χ1n) is 8.62. The van der Waals surface area contributed by atoms with E-state index in [9.17, 15) is 19.5 Å². The second kappa shape index (κ2) is 9.16. The lowest BCUT2D eigenvalue weighted by molar-refractivity contribution is -0.141. The molecule has 3 unspecified atom stereocenters. The number of aromatic nitrogens is 2. The van der Waals surface area contributed by atoms with Gasteiger partial charge in [-0.1, -0.05) is 0 Å². The van der Waals surface area contributed by atoms with E-state index in [1.165, 1.54) is 6.92 Å². The van der Waals surface area contributed by atoms with Gasteiger partial charge in [-0.3, -0.25) is 4.79 Å². The molecule has 0 spiro atoms. The van der Waals surface area contributed by atoms with Gasteiger partial charge in [0.05, 0.1) is 12.5 Å². The van der Waals surface area contributed by atoms with Crippen molar-refractivity contribution in [2.45, 2.75) is 50.8 Å². The van der Waals surface area contributed by atoms with Gasteiger partial charge in [0.2, 0.25) is 5.91 Å². The van der Waals surface area contributed by atoms with E-state index >= 15 is 0 Å². The van der Waals surface area contributed by atoms with Gasteiger partial charge in [0.25, 0.3) is 11.8 Å². The molecule has 1 aromatic rings. The summed E-state index contributed by atoms with van der Waals surface area (Å²) in [4.78, 5) is 40.6. The standard InChI is InChI=1S/C15H24N6O6/c1-8(22)11(13(24)25)18-15(26)17-9(7-10(16)23)12-19-14(20-27-12)21-5-3-2-4-6-21/h8-9,11,22H,2-7H2,1H3,(H2,16,23)(H,24,25)(H2,17,18,26). The SMILES string of the molecule is CC(O)C(NC(=O)NC(CC(N)=O)c1nc(N2CCCCC2)no1)C(=O)O. The van der Waals surface area contributed by atoms with Crippen LogP contribution in [0.25, 0.3) is 0 Å². The molecule has 27 heavy (non-hydrogen) atoms. The molecule has 0 aliphatic carbocycles. The van der Waals surface area contributed by atoms with Crippen LogP contribution in [0, 0.1) is 0 Å². The van der Waals surface area contributed by atoms with E-state index in [1.807, 2.05) is 4.90 Å². The molecule has 12 nitrogen and oxygen atoms in total. The van der Waals surface area contributed by atoms with Crippen molar-refractivity contribution >= 4 is 23.9 Å². The zero-order valence-corrected chi connectivity index (χ0v) is 14.9. The summed E-state index contributed by atoms with van der Waals surface area (Å²) in [5.41, 5.74) is 5.21. The number of aliphatic carboxylic acids is 1. The Morgan fingerprint density at radius 1 is 1.26 bits per heavy atom. The van der Waals surface area contributed by atoms with E-state index in [-0.39, 0.29) is 12.3 Å². The van der Waals surface area contributed by atoms with Gasteiger partial charge < -0.3 is 36.0 Å². The van der Waals surface area contributed by atoms with Gasteiger partial charge in [0.15, 0.2) is 6.04 Å². The summed E-state index contributed by atoms with van der Waals surface area (Å²) in [6.45, 7) is 2.78. The van der Waals surface area contributed by atoms with E-state index < -0.39 is 36.1 Å². The van der Waals surface area contributed by atoms with Crippen LogP contribution in [-0.2, 0) is 9.59 Å². The van der Waals surface area contributed by atoms with E-state index in [0.717, 1.165) is 32.4 Å². The lowest BCUT2D eigenvalue weighted by atomic mass is 10.1. The number of aliphatic hydroxyl groups is 1. The van der Waals surface area contributed by atoms with Crippen molar-refractivity contribution in [1.29, 1.82) is 0 Å². The first-order chi connectivity index (χ1) is 12.8. The number of nitrogens with two attached hydrogens (primary N) is 1. The molecule has 6 N–H and O–H groups in total. The highest BCUT2D eigenvalue weighted by Gasteiger charge is 2.29. The summed E-state index contributed by atoms with van der Waals surface area (Å²) in [5, 5.41) is 26.8. The number of nitrogens with one attached hydrogen (secondary N) is 2. The average Bonchev–Trinajstić information content (AvgIpc) is 3.09. The minimum absolute atomic E-state index is 0.0200. The number of aliphatic hydroxyl groups excluding tert-OH is 1. The fraction of sp³-hybridized carbons (Fsp3) is 0.667. The number of primary amides is 1. The topological polar surface area (TPSA) is 184 Å². The van der Waals surface area contributed by atoms with Crippen LogP contribution < -0.4 is 21.3 Å². The fourth-order valence-corrected chi connectivity index (χ4v) is 2.72. The Balaban J connectivity index is 2.08. The first-order valence-corrected chi connectivity index (χ1v) is 8.62. The van der Waals surface area contributed by atoms with Crippen LogP contribution in [0.15, 0.2) is 4.52 Å². The third-order valence-electron chi connectivity index (χ3n) is 4.11. The van der Waals surface area contributed by atoms with Crippen molar-refractivity contribution in [3.63, 3.8) is 0 Å². The van der Waals surface area contributed by atoms with E-state index in [0.29, 0.717) is 5.95 Å². The summed E-state index contributed by atoms with van der Waals surface area (Å²) in [5.74, 6) is -1.79. The van der Waals surface area contributed by atoms with Gasteiger partial charge in [0.1, 0.15) is 6.04 Å². The van der Waals surface area contributed by atoms with E-state index in [2.05, 4.69) is 20.8 Å². The maximum Gasteiger partial charge on any atom is 0.328 e. The third-order valence-corrected chi connectivity index (χ3v) is 4.11. The highest BCUT2D eigenvalue weighted by atomic mass is 16.5. The molecule has 150 valence electrons. The molecule has 0 radical (unpaired) electrons. The number of nitrogens with zero attached hydrogens (tertiary/aromatic N) is 3. The predicted molar refractivity (Wildman–Crippen MR) is 91.7 cm³/mol. The zero-order valence-electron chi connectivity index (χ0n) is 14.9. The maximum atomic E-state index is 12.1. The lowest BCUT2D eigenvalue weighted by Gasteiger charge is -2.24. The molecule has 12 heteroatoms. The molecule has 0 bridgehead atoms. The van der Waals surface area contributed by atoms with Gasteiger partial charge in [0, 0.05) is 13.1 Å². The number of amides is 3. The van der Waals surface area contributed by atoms with Gasteiger partial charge in [-0.2, -0.15) is 4.98 Å². The fourth-order valence-electron chi connectivity index (χ4n) is 2.72. The Labute approximate surface area is 155 Å². The number of anilines is 1. The van der Waals surface area contributed by atoms with Crippen LogP contribution in [0.5, 0.6) is 0 Å². The number of rotatable bonds is 8. The second-order valence-electron chi connectivity index (χ2n) is 6.38. The van der Waals surface area contributed by atoms with Crippen molar-refractivity contribution in [3.8, 4) is 0 Å². The largest absolute Gasteiger partial charge is 0.480 e. The smallest absolute Gasteiger partial charge is 0.328 e. The summed E-state index contributed by atoms with van der Waals surface area (Å²) in [6.07, 6.45) is 1.50. The molecular weight excluding hydrogens is 360 g/mol. The summed E-state index contributed by atoms with van der Waals surface area (Å²) in [7, 11) is 0. The van der Waals surface area contributed by atoms with Gasteiger partial charge in [-0.05, 0) is 31.3 Å². The van der Waals surface area contributed by atoms with Crippen molar-refractivity contribution < 1.29 is 29.1 Å². The molecule has 0 saturated carbocycles. The molecule has 2 rings (SSSR count). The quantitative estimate of drug-likeness (QED) is 0.379. The number of carboxylic acid groups (broad SMARTS) is 1. The number of piperidine rings is 1. The van der Waals surface area contributed by atoms with Crippen molar-refractivity contribution in [1.82, 2.24) is 20.8 Å². The number of carbonyl (C=O) groups excluding carboxylic acids is 2. The van der Waals surface area contributed by atoms with Crippen LogP contribution in [0.4, 0.5) is 10.7 Å². The molecule has 1 aliphatic rings. The molecule has 1 aromatic heterocycles. The minimum atomic E-state index is -1.52. The van der Waals surface area contributed by atoms with Crippen molar-refractivity contribution in [2.75, 3.05) is 18.0 Å². The van der Waals surface area contributed by atoms with E-state index in [1.54, 1.807) is 0 Å². The number of carboxylic acids is 1. The summed E-state index contributed by atoms with van der Waals surface area (Å²) in [6, 6.07) is -3.48. The third kappa shape index (κ3) is 5.81. The van der Waals surface area contributed by atoms with Crippen molar-refractivity contribution in [2.24, 2.45) is 5.73 Å². The van der Waals surface area contributed by atoms with E-state index in [4.69, 9.17) is 15.4 Å². The molecular formula is C15H24N6O6.